The van der Waals surface area contributed by atoms with Crippen molar-refractivity contribution in [2.45, 2.75) is 33.1 Å². The number of hydrogen-bond acceptors (Lipinski definition) is 4. The van der Waals surface area contributed by atoms with Crippen molar-refractivity contribution in [2.24, 2.45) is 5.16 Å². The number of fused-ring (bicyclic) bond motifs is 1. The topological polar surface area (TPSA) is 47.6 Å². The Labute approximate surface area is 82.9 Å². The van der Waals surface area contributed by atoms with Crippen molar-refractivity contribution < 1.29 is 9.36 Å². The molecule has 1 aromatic heterocycles. The Hall–Kier alpha value is -1.32. The molecule has 14 heavy (non-hydrogen) atoms. The van der Waals surface area contributed by atoms with Crippen LogP contribution in [0, 0.1) is 6.92 Å². The maximum absolute atomic E-state index is 5.14. The molecule has 1 aromatic rings. The standard InChI is InChI=1S/C10H14N2O2/c1-3-13-11-8-5-4-6-9-10(8)7(2)14-12-9/h3-6H2,1-2H3. The highest BCUT2D eigenvalue weighted by atomic mass is 16.6. The first-order valence-electron chi connectivity index (χ1n) is 4.97. The fourth-order valence-electron chi connectivity index (χ4n) is 1.74. The van der Waals surface area contributed by atoms with Crippen molar-refractivity contribution in [2.75, 3.05) is 6.61 Å². The van der Waals surface area contributed by atoms with Gasteiger partial charge in [0.2, 0.25) is 0 Å². The minimum absolute atomic E-state index is 0.600. The lowest BCUT2D eigenvalue weighted by Gasteiger charge is -2.11. The smallest absolute Gasteiger partial charge is 0.143 e. The third-order valence-corrected chi connectivity index (χ3v) is 2.35. The van der Waals surface area contributed by atoms with Crippen molar-refractivity contribution in [3.63, 3.8) is 0 Å². The Kier molecular flexibility index (Phi) is 2.52. The van der Waals surface area contributed by atoms with Crippen LogP contribution in [0.3, 0.4) is 0 Å². The summed E-state index contributed by atoms with van der Waals surface area (Å²) in [7, 11) is 0. The molecule has 0 bridgehead atoms. The summed E-state index contributed by atoms with van der Waals surface area (Å²) in [5.74, 6) is 0.846. The number of aromatic nitrogens is 1. The lowest BCUT2D eigenvalue weighted by molar-refractivity contribution is 0.158. The van der Waals surface area contributed by atoms with E-state index >= 15 is 0 Å². The zero-order valence-electron chi connectivity index (χ0n) is 8.54. The summed E-state index contributed by atoms with van der Waals surface area (Å²) in [6, 6.07) is 0. The maximum Gasteiger partial charge on any atom is 0.143 e. The van der Waals surface area contributed by atoms with Crippen LogP contribution >= 0.6 is 0 Å². The zero-order valence-corrected chi connectivity index (χ0v) is 8.54. The SMILES string of the molecule is CCON=C1CCCc2noc(C)c21. The van der Waals surface area contributed by atoms with Crippen LogP contribution in [0.4, 0.5) is 0 Å². The first-order chi connectivity index (χ1) is 6.83. The van der Waals surface area contributed by atoms with Gasteiger partial charge in [-0.3, -0.25) is 0 Å². The van der Waals surface area contributed by atoms with Gasteiger partial charge in [0.15, 0.2) is 0 Å². The summed E-state index contributed by atoms with van der Waals surface area (Å²) in [4.78, 5) is 5.07. The molecule has 4 heteroatoms. The molecule has 0 saturated carbocycles. The third kappa shape index (κ3) is 1.52. The predicted molar refractivity (Wildman–Crippen MR) is 52.3 cm³/mol. The number of rotatable bonds is 2. The fraction of sp³-hybridized carbons (Fsp3) is 0.600. The fourth-order valence-corrected chi connectivity index (χ4v) is 1.74. The van der Waals surface area contributed by atoms with Crippen molar-refractivity contribution in [1.29, 1.82) is 0 Å². The van der Waals surface area contributed by atoms with Gasteiger partial charge in [0.25, 0.3) is 0 Å². The molecule has 0 unspecified atom stereocenters. The van der Waals surface area contributed by atoms with Gasteiger partial charge in [0, 0.05) is 0 Å². The van der Waals surface area contributed by atoms with E-state index < -0.39 is 0 Å². The lowest BCUT2D eigenvalue weighted by atomic mass is 9.94. The molecule has 1 aliphatic carbocycles. The van der Waals surface area contributed by atoms with Crippen LogP contribution in [0.25, 0.3) is 0 Å². The Balaban J connectivity index is 2.34. The largest absolute Gasteiger partial charge is 0.396 e. The molecule has 0 N–H and O–H groups in total. The first-order valence-corrected chi connectivity index (χ1v) is 4.97. The Morgan fingerprint density at radius 2 is 2.36 bits per heavy atom. The summed E-state index contributed by atoms with van der Waals surface area (Å²) in [5.41, 5.74) is 3.06. The van der Waals surface area contributed by atoms with E-state index in [0.717, 1.165) is 42.0 Å². The molecule has 1 aliphatic rings. The quantitative estimate of drug-likeness (QED) is 0.677. The van der Waals surface area contributed by atoms with Gasteiger partial charge in [-0.25, -0.2) is 0 Å². The van der Waals surface area contributed by atoms with E-state index in [-0.39, 0.29) is 0 Å². The first kappa shape index (κ1) is 9.24. The highest BCUT2D eigenvalue weighted by Gasteiger charge is 2.22. The Morgan fingerprint density at radius 1 is 1.50 bits per heavy atom. The summed E-state index contributed by atoms with van der Waals surface area (Å²) in [5, 5.41) is 8.10. The molecule has 4 nitrogen and oxygen atoms in total. The van der Waals surface area contributed by atoms with E-state index in [1.54, 1.807) is 0 Å². The van der Waals surface area contributed by atoms with Gasteiger partial charge in [0.1, 0.15) is 12.4 Å². The molecule has 0 radical (unpaired) electrons. The van der Waals surface area contributed by atoms with E-state index in [1.807, 2.05) is 13.8 Å². The molecular formula is C10H14N2O2. The maximum atomic E-state index is 5.14. The van der Waals surface area contributed by atoms with Crippen LogP contribution in [0.2, 0.25) is 0 Å². The van der Waals surface area contributed by atoms with Crippen LogP contribution in [0.5, 0.6) is 0 Å². The van der Waals surface area contributed by atoms with E-state index in [0.29, 0.717) is 6.61 Å². The van der Waals surface area contributed by atoms with Gasteiger partial charge in [-0.1, -0.05) is 10.3 Å². The number of aryl methyl sites for hydroxylation is 2. The highest BCUT2D eigenvalue weighted by molar-refractivity contribution is 6.02. The molecule has 0 saturated heterocycles. The summed E-state index contributed by atoms with van der Waals surface area (Å²) in [6.45, 7) is 4.44. The van der Waals surface area contributed by atoms with Crippen molar-refractivity contribution in [3.05, 3.63) is 17.0 Å². The number of hydrogen-bond donors (Lipinski definition) is 0. The van der Waals surface area contributed by atoms with Crippen molar-refractivity contribution in [1.82, 2.24) is 5.16 Å². The predicted octanol–water partition coefficient (Wildman–Crippen LogP) is 2.06. The monoisotopic (exact) mass is 194 g/mol. The minimum Gasteiger partial charge on any atom is -0.396 e. The van der Waals surface area contributed by atoms with Crippen LogP contribution < -0.4 is 0 Å². The molecule has 0 spiro atoms. The zero-order chi connectivity index (χ0) is 9.97. The summed E-state index contributed by atoms with van der Waals surface area (Å²) < 4.78 is 5.14. The van der Waals surface area contributed by atoms with Crippen molar-refractivity contribution in [3.8, 4) is 0 Å². The van der Waals surface area contributed by atoms with Gasteiger partial charge in [0.05, 0.1) is 17.0 Å². The van der Waals surface area contributed by atoms with Crippen LogP contribution in [-0.2, 0) is 11.3 Å². The van der Waals surface area contributed by atoms with Gasteiger partial charge in [-0.15, -0.1) is 0 Å². The lowest BCUT2D eigenvalue weighted by Crippen LogP contribution is -2.12. The van der Waals surface area contributed by atoms with Crippen LogP contribution in [0.15, 0.2) is 9.68 Å². The number of nitrogens with zero attached hydrogens (tertiary/aromatic N) is 2. The molecule has 0 amide bonds. The normalized spacial score (nSPS) is 18.3. The molecule has 0 atom stereocenters. The van der Waals surface area contributed by atoms with E-state index in [9.17, 15) is 0 Å². The highest BCUT2D eigenvalue weighted by Crippen LogP contribution is 2.24. The van der Waals surface area contributed by atoms with Gasteiger partial charge >= 0.3 is 0 Å². The van der Waals surface area contributed by atoms with Crippen molar-refractivity contribution >= 4 is 5.71 Å². The average Bonchev–Trinajstić information content (AvgIpc) is 2.58. The van der Waals surface area contributed by atoms with Gasteiger partial charge in [-0.05, 0) is 33.1 Å². The van der Waals surface area contributed by atoms with E-state index in [2.05, 4.69) is 10.3 Å². The molecular weight excluding hydrogens is 180 g/mol. The minimum atomic E-state index is 0.600. The molecule has 0 aliphatic heterocycles. The van der Waals surface area contributed by atoms with Crippen LogP contribution in [0.1, 0.15) is 36.8 Å². The summed E-state index contributed by atoms with van der Waals surface area (Å²) in [6.07, 6.45) is 3.01. The van der Waals surface area contributed by atoms with E-state index in [4.69, 9.17) is 9.36 Å². The second-order valence-corrected chi connectivity index (χ2v) is 3.37. The van der Waals surface area contributed by atoms with Gasteiger partial charge in [-0.2, -0.15) is 0 Å². The molecule has 0 fully saturated rings. The second kappa shape index (κ2) is 3.82. The van der Waals surface area contributed by atoms with E-state index in [1.165, 1.54) is 0 Å². The number of oxime groups is 1. The molecule has 1 heterocycles. The average molecular weight is 194 g/mol. The molecule has 2 rings (SSSR count). The Bertz CT molecular complexity index is 355. The molecule has 76 valence electrons. The Morgan fingerprint density at radius 3 is 3.14 bits per heavy atom. The summed E-state index contributed by atoms with van der Waals surface area (Å²) >= 11 is 0. The van der Waals surface area contributed by atoms with Crippen LogP contribution in [-0.4, -0.2) is 17.5 Å². The second-order valence-electron chi connectivity index (χ2n) is 3.37. The third-order valence-electron chi connectivity index (χ3n) is 2.35. The molecule has 0 aromatic carbocycles. The van der Waals surface area contributed by atoms with Gasteiger partial charge < -0.3 is 9.36 Å².